The molecule has 1 atom stereocenters. The van der Waals surface area contributed by atoms with Crippen LogP contribution < -0.4 is 0 Å². The fraction of sp³-hybridized carbons (Fsp3) is 0.400. The van der Waals surface area contributed by atoms with E-state index in [4.69, 9.17) is 21.1 Å². The Kier molecular flexibility index (Phi) is 3.18. The number of aromatic nitrogens is 1. The molecule has 2 heterocycles. The summed E-state index contributed by atoms with van der Waals surface area (Å²) < 4.78 is 10.3. The number of esters is 1. The predicted molar refractivity (Wildman–Crippen MR) is 53.9 cm³/mol. The zero-order chi connectivity index (χ0) is 10.7. The second kappa shape index (κ2) is 4.59. The van der Waals surface area contributed by atoms with Gasteiger partial charge in [0.1, 0.15) is 11.3 Å². The van der Waals surface area contributed by atoms with E-state index in [0.717, 1.165) is 6.42 Å². The quantitative estimate of drug-likeness (QED) is 0.570. The number of hydrogen-bond donors (Lipinski definition) is 0. The summed E-state index contributed by atoms with van der Waals surface area (Å²) in [7, 11) is 0. The van der Waals surface area contributed by atoms with Gasteiger partial charge in [0.25, 0.3) is 0 Å². The number of ether oxygens (including phenoxy) is 2. The van der Waals surface area contributed by atoms with Gasteiger partial charge in [0.05, 0.1) is 18.8 Å². The van der Waals surface area contributed by atoms with Gasteiger partial charge in [0, 0.05) is 12.6 Å². The molecule has 4 nitrogen and oxygen atoms in total. The number of halogens is 1. The molecule has 0 amide bonds. The number of carbonyl (C=O) groups excluding carboxylic acids is 1. The molecular weight excluding hydrogens is 218 g/mol. The van der Waals surface area contributed by atoms with Gasteiger partial charge in [-0.05, 0) is 12.1 Å². The highest BCUT2D eigenvalue weighted by atomic mass is 35.5. The van der Waals surface area contributed by atoms with Gasteiger partial charge in [-0.15, -0.1) is 0 Å². The van der Waals surface area contributed by atoms with Crippen molar-refractivity contribution in [3.05, 3.63) is 29.0 Å². The summed E-state index contributed by atoms with van der Waals surface area (Å²) >= 11 is 5.76. The third kappa shape index (κ3) is 2.46. The molecule has 0 saturated carbocycles. The minimum Gasteiger partial charge on any atom is -0.456 e. The second-order valence-corrected chi connectivity index (χ2v) is 3.59. The van der Waals surface area contributed by atoms with Gasteiger partial charge in [-0.3, -0.25) is 0 Å². The second-order valence-electron chi connectivity index (χ2n) is 3.23. The summed E-state index contributed by atoms with van der Waals surface area (Å²) in [4.78, 5) is 15.4. The number of rotatable bonds is 2. The molecule has 1 aliphatic rings. The van der Waals surface area contributed by atoms with E-state index in [9.17, 15) is 4.79 Å². The molecule has 1 aliphatic heterocycles. The molecule has 1 aromatic rings. The maximum atomic E-state index is 11.6. The van der Waals surface area contributed by atoms with Gasteiger partial charge in [-0.25, -0.2) is 9.78 Å². The van der Waals surface area contributed by atoms with E-state index < -0.39 is 5.97 Å². The predicted octanol–water partition coefficient (Wildman–Crippen LogP) is 1.68. The summed E-state index contributed by atoms with van der Waals surface area (Å²) in [6.07, 6.45) is 2.11. The number of pyridine rings is 1. The molecule has 0 bridgehead atoms. The van der Waals surface area contributed by atoms with Crippen molar-refractivity contribution in [2.45, 2.75) is 12.5 Å². The highest BCUT2D eigenvalue weighted by Crippen LogP contribution is 2.16. The Hall–Kier alpha value is -1.13. The van der Waals surface area contributed by atoms with E-state index in [1.165, 1.54) is 6.20 Å². The highest BCUT2D eigenvalue weighted by Gasteiger charge is 2.22. The van der Waals surface area contributed by atoms with E-state index in [0.29, 0.717) is 18.8 Å². The molecule has 1 fully saturated rings. The molecule has 2 rings (SSSR count). The summed E-state index contributed by atoms with van der Waals surface area (Å²) in [6.45, 7) is 1.10. The average Bonchev–Trinajstić information content (AvgIpc) is 2.71. The first-order chi connectivity index (χ1) is 7.27. The number of carbonyl (C=O) groups is 1. The lowest BCUT2D eigenvalue weighted by Gasteiger charge is -2.10. The number of nitrogens with zero attached hydrogens (tertiary/aromatic N) is 1. The van der Waals surface area contributed by atoms with Crippen LogP contribution in [0.25, 0.3) is 0 Å². The van der Waals surface area contributed by atoms with Crippen molar-refractivity contribution < 1.29 is 14.3 Å². The van der Waals surface area contributed by atoms with Crippen LogP contribution in [-0.4, -0.2) is 30.3 Å². The number of hydrogen-bond acceptors (Lipinski definition) is 4. The molecule has 0 radical (unpaired) electrons. The lowest BCUT2D eigenvalue weighted by molar-refractivity contribution is 0.0270. The van der Waals surface area contributed by atoms with E-state index in [2.05, 4.69) is 4.98 Å². The summed E-state index contributed by atoms with van der Waals surface area (Å²) in [5.74, 6) is -0.441. The minimum atomic E-state index is -0.441. The van der Waals surface area contributed by atoms with E-state index in [1.54, 1.807) is 12.1 Å². The Morgan fingerprint density at radius 2 is 2.53 bits per heavy atom. The van der Waals surface area contributed by atoms with Gasteiger partial charge in [-0.1, -0.05) is 11.6 Å². The molecule has 0 N–H and O–H groups in total. The maximum Gasteiger partial charge on any atom is 0.341 e. The first kappa shape index (κ1) is 10.4. The van der Waals surface area contributed by atoms with Gasteiger partial charge in [0.2, 0.25) is 0 Å². The van der Waals surface area contributed by atoms with Gasteiger partial charge in [0.15, 0.2) is 0 Å². The Morgan fingerprint density at radius 1 is 1.67 bits per heavy atom. The highest BCUT2D eigenvalue weighted by molar-refractivity contribution is 6.32. The monoisotopic (exact) mass is 227 g/mol. The molecule has 0 spiro atoms. The normalized spacial score (nSPS) is 20.2. The van der Waals surface area contributed by atoms with Gasteiger partial charge in [-0.2, -0.15) is 0 Å². The standard InChI is InChI=1S/C10H10ClNO3/c11-9-8(2-1-4-12-9)10(13)15-7-3-5-14-6-7/h1-2,4,7H,3,5-6H2. The molecule has 0 aliphatic carbocycles. The summed E-state index contributed by atoms with van der Waals surface area (Å²) in [5.41, 5.74) is 0.297. The maximum absolute atomic E-state index is 11.6. The van der Waals surface area contributed by atoms with E-state index in [-0.39, 0.29) is 11.3 Å². The summed E-state index contributed by atoms with van der Waals surface area (Å²) in [5, 5.41) is 0.168. The first-order valence-electron chi connectivity index (χ1n) is 4.66. The van der Waals surface area contributed by atoms with Crippen molar-refractivity contribution in [2.24, 2.45) is 0 Å². The Labute approximate surface area is 92.2 Å². The molecular formula is C10H10ClNO3. The van der Waals surface area contributed by atoms with Crippen molar-refractivity contribution in [2.75, 3.05) is 13.2 Å². The lowest BCUT2D eigenvalue weighted by atomic mass is 10.3. The third-order valence-corrected chi connectivity index (χ3v) is 2.44. The summed E-state index contributed by atoms with van der Waals surface area (Å²) in [6, 6.07) is 3.24. The Morgan fingerprint density at radius 3 is 3.20 bits per heavy atom. The van der Waals surface area contributed by atoms with Crippen molar-refractivity contribution in [3.63, 3.8) is 0 Å². The third-order valence-electron chi connectivity index (χ3n) is 2.14. The van der Waals surface area contributed by atoms with Crippen molar-refractivity contribution >= 4 is 17.6 Å². The fourth-order valence-electron chi connectivity index (χ4n) is 1.36. The molecule has 0 aromatic carbocycles. The van der Waals surface area contributed by atoms with Crippen molar-refractivity contribution in [3.8, 4) is 0 Å². The van der Waals surface area contributed by atoms with Gasteiger partial charge >= 0.3 is 5.97 Å². The SMILES string of the molecule is O=C(OC1CCOC1)c1cccnc1Cl. The van der Waals surface area contributed by atoms with Crippen LogP contribution in [0.1, 0.15) is 16.8 Å². The average molecular weight is 228 g/mol. The molecule has 1 aromatic heterocycles. The van der Waals surface area contributed by atoms with Crippen LogP contribution in [0.15, 0.2) is 18.3 Å². The lowest BCUT2D eigenvalue weighted by Crippen LogP contribution is -2.18. The van der Waals surface area contributed by atoms with Crippen LogP contribution in [-0.2, 0) is 9.47 Å². The molecule has 15 heavy (non-hydrogen) atoms. The smallest absolute Gasteiger partial charge is 0.341 e. The van der Waals surface area contributed by atoms with E-state index >= 15 is 0 Å². The minimum absolute atomic E-state index is 0.159. The fourth-order valence-corrected chi connectivity index (χ4v) is 1.56. The molecule has 1 unspecified atom stereocenters. The van der Waals surface area contributed by atoms with Crippen molar-refractivity contribution in [1.29, 1.82) is 0 Å². The first-order valence-corrected chi connectivity index (χ1v) is 5.04. The van der Waals surface area contributed by atoms with E-state index in [1.807, 2.05) is 0 Å². The zero-order valence-electron chi connectivity index (χ0n) is 7.98. The molecule has 1 saturated heterocycles. The van der Waals surface area contributed by atoms with Crippen LogP contribution in [0.4, 0.5) is 0 Å². The zero-order valence-corrected chi connectivity index (χ0v) is 8.74. The molecule has 80 valence electrons. The van der Waals surface area contributed by atoms with Crippen LogP contribution in [0.5, 0.6) is 0 Å². The van der Waals surface area contributed by atoms with Crippen LogP contribution in [0.3, 0.4) is 0 Å². The van der Waals surface area contributed by atoms with Gasteiger partial charge < -0.3 is 9.47 Å². The molecule has 5 heteroatoms. The van der Waals surface area contributed by atoms with Crippen LogP contribution >= 0.6 is 11.6 Å². The largest absolute Gasteiger partial charge is 0.456 e. The van der Waals surface area contributed by atoms with Crippen molar-refractivity contribution in [1.82, 2.24) is 4.98 Å². The topological polar surface area (TPSA) is 48.4 Å². The Balaban J connectivity index is 2.04. The van der Waals surface area contributed by atoms with Crippen LogP contribution in [0, 0.1) is 0 Å². The van der Waals surface area contributed by atoms with Crippen LogP contribution in [0.2, 0.25) is 5.15 Å². The Bertz CT molecular complexity index is 363.